The standard InChI is InChI=1S/C21H28N4O2S/c1-13(2)25-11-10-14-15(6-5-7-17(14)25)22-19(26)9-4-3-8-18-20-16(12-28-18)23-21(27)24-20/h5-7,10-11,13,16,18,20H,3-4,8-9,12H2,1-2H3,(H,22,26)(H2,23,24,27)/t16-,18+,20+/m1/s1. The van der Waals surface area contributed by atoms with Crippen LogP contribution in [-0.2, 0) is 4.79 Å². The zero-order valence-corrected chi connectivity index (χ0v) is 17.2. The minimum absolute atomic E-state index is 0.0415. The van der Waals surface area contributed by atoms with Gasteiger partial charge >= 0.3 is 6.03 Å². The Morgan fingerprint density at radius 3 is 2.96 bits per heavy atom. The molecule has 2 saturated heterocycles. The molecule has 2 fully saturated rings. The Bertz CT molecular complexity index is 878. The fraction of sp³-hybridized carbons (Fsp3) is 0.524. The van der Waals surface area contributed by atoms with E-state index in [9.17, 15) is 9.59 Å². The molecule has 1 aromatic heterocycles. The largest absolute Gasteiger partial charge is 0.345 e. The highest BCUT2D eigenvalue weighted by molar-refractivity contribution is 8.00. The lowest BCUT2D eigenvalue weighted by Crippen LogP contribution is -2.36. The number of anilines is 1. The molecular weight excluding hydrogens is 372 g/mol. The molecule has 3 N–H and O–H groups in total. The van der Waals surface area contributed by atoms with Gasteiger partial charge in [-0.15, -0.1) is 0 Å². The van der Waals surface area contributed by atoms with Crippen LogP contribution in [0.25, 0.3) is 10.9 Å². The second-order valence-electron chi connectivity index (χ2n) is 7.97. The van der Waals surface area contributed by atoms with E-state index in [2.05, 4.69) is 52.7 Å². The Morgan fingerprint density at radius 2 is 2.14 bits per heavy atom. The molecule has 0 spiro atoms. The first-order valence-electron chi connectivity index (χ1n) is 10.1. The number of aromatic nitrogens is 1. The van der Waals surface area contributed by atoms with Crippen LogP contribution >= 0.6 is 11.8 Å². The third-order valence-electron chi connectivity index (χ3n) is 5.67. The minimum atomic E-state index is -0.0415. The van der Waals surface area contributed by atoms with Gasteiger partial charge in [0.1, 0.15) is 0 Å². The maximum Gasteiger partial charge on any atom is 0.315 e. The number of nitrogens with zero attached hydrogens (tertiary/aromatic N) is 1. The molecule has 3 heterocycles. The molecule has 2 aromatic rings. The fourth-order valence-electron chi connectivity index (χ4n) is 4.23. The van der Waals surface area contributed by atoms with Crippen molar-refractivity contribution in [2.45, 2.75) is 62.9 Å². The number of thioether (sulfide) groups is 1. The van der Waals surface area contributed by atoms with Gasteiger partial charge in [0.05, 0.1) is 23.3 Å². The van der Waals surface area contributed by atoms with Crippen LogP contribution in [0.15, 0.2) is 30.5 Å². The van der Waals surface area contributed by atoms with E-state index < -0.39 is 0 Å². The van der Waals surface area contributed by atoms with Gasteiger partial charge in [-0.1, -0.05) is 12.5 Å². The quantitative estimate of drug-likeness (QED) is 0.488. The van der Waals surface area contributed by atoms with E-state index in [1.54, 1.807) is 0 Å². The van der Waals surface area contributed by atoms with Crippen LogP contribution in [0.5, 0.6) is 0 Å². The van der Waals surface area contributed by atoms with Gasteiger partial charge in [-0.05, 0) is 44.9 Å². The number of carbonyl (C=O) groups is 2. The summed E-state index contributed by atoms with van der Waals surface area (Å²) in [7, 11) is 0. The Kier molecular flexibility index (Phi) is 5.53. The maximum atomic E-state index is 12.4. The molecule has 3 atom stereocenters. The monoisotopic (exact) mass is 400 g/mol. The normalized spacial score (nSPS) is 23.7. The second-order valence-corrected chi connectivity index (χ2v) is 9.24. The fourth-order valence-corrected chi connectivity index (χ4v) is 5.78. The molecule has 7 heteroatoms. The molecule has 2 aliphatic heterocycles. The van der Waals surface area contributed by atoms with Gasteiger partial charge in [-0.25, -0.2) is 4.79 Å². The van der Waals surface area contributed by atoms with Crippen LogP contribution in [-0.4, -0.2) is 39.6 Å². The topological polar surface area (TPSA) is 75.2 Å². The summed E-state index contributed by atoms with van der Waals surface area (Å²) in [5.41, 5.74) is 2.03. The summed E-state index contributed by atoms with van der Waals surface area (Å²) in [6.07, 6.45) is 5.50. The molecular formula is C21H28N4O2S. The predicted octanol–water partition coefficient (Wildman–Crippen LogP) is 3.89. The van der Waals surface area contributed by atoms with Gasteiger partial charge in [0.2, 0.25) is 5.91 Å². The van der Waals surface area contributed by atoms with E-state index in [4.69, 9.17) is 0 Å². The summed E-state index contributed by atoms with van der Waals surface area (Å²) in [6, 6.07) is 8.98. The molecule has 0 aliphatic carbocycles. The molecule has 28 heavy (non-hydrogen) atoms. The number of amides is 3. The van der Waals surface area contributed by atoms with Crippen molar-refractivity contribution in [1.29, 1.82) is 0 Å². The SMILES string of the molecule is CC(C)n1ccc2c(NC(=O)CCCC[C@@H]3SC[C@H]4NC(=O)N[C@H]34)cccc21. The molecule has 0 saturated carbocycles. The van der Waals surface area contributed by atoms with E-state index in [1.807, 2.05) is 23.9 Å². The van der Waals surface area contributed by atoms with Crippen molar-refractivity contribution >= 4 is 40.3 Å². The highest BCUT2D eigenvalue weighted by Crippen LogP contribution is 2.33. The lowest BCUT2D eigenvalue weighted by atomic mass is 10.0. The first kappa shape index (κ1) is 19.2. The third-order valence-corrected chi connectivity index (χ3v) is 7.18. The van der Waals surface area contributed by atoms with E-state index in [0.29, 0.717) is 17.7 Å². The zero-order valence-electron chi connectivity index (χ0n) is 16.4. The molecule has 1 aromatic carbocycles. The third kappa shape index (κ3) is 3.85. The molecule has 150 valence electrons. The van der Waals surface area contributed by atoms with Crippen molar-refractivity contribution in [2.24, 2.45) is 0 Å². The number of carbonyl (C=O) groups excluding carboxylic acids is 2. The van der Waals surface area contributed by atoms with Crippen molar-refractivity contribution in [3.63, 3.8) is 0 Å². The van der Waals surface area contributed by atoms with E-state index >= 15 is 0 Å². The molecule has 3 amide bonds. The Hall–Kier alpha value is -2.15. The number of fused-ring (bicyclic) bond motifs is 2. The lowest BCUT2D eigenvalue weighted by molar-refractivity contribution is -0.116. The smallest absolute Gasteiger partial charge is 0.315 e. The molecule has 2 aliphatic rings. The van der Waals surface area contributed by atoms with Crippen LogP contribution in [0.4, 0.5) is 10.5 Å². The van der Waals surface area contributed by atoms with Crippen molar-refractivity contribution in [2.75, 3.05) is 11.1 Å². The number of hydrogen-bond acceptors (Lipinski definition) is 3. The van der Waals surface area contributed by atoms with Crippen molar-refractivity contribution < 1.29 is 9.59 Å². The number of unbranched alkanes of at least 4 members (excludes halogenated alkanes) is 1. The lowest BCUT2D eigenvalue weighted by Gasteiger charge is -2.16. The number of rotatable bonds is 7. The van der Waals surface area contributed by atoms with Gasteiger partial charge in [0.15, 0.2) is 0 Å². The number of urea groups is 1. The number of benzene rings is 1. The Labute approximate surface area is 169 Å². The summed E-state index contributed by atoms with van der Waals surface area (Å²) in [4.78, 5) is 23.9. The van der Waals surface area contributed by atoms with Gasteiger partial charge in [-0.3, -0.25) is 4.79 Å². The van der Waals surface area contributed by atoms with Crippen molar-refractivity contribution in [3.05, 3.63) is 30.5 Å². The summed E-state index contributed by atoms with van der Waals surface area (Å²) in [5, 5.41) is 10.6. The highest BCUT2D eigenvalue weighted by atomic mass is 32.2. The van der Waals surface area contributed by atoms with E-state index in [0.717, 1.165) is 41.6 Å². The van der Waals surface area contributed by atoms with E-state index in [1.165, 1.54) is 0 Å². The van der Waals surface area contributed by atoms with Gasteiger partial charge < -0.3 is 20.5 Å². The van der Waals surface area contributed by atoms with Crippen LogP contribution in [0.2, 0.25) is 0 Å². The van der Waals surface area contributed by atoms with Crippen molar-refractivity contribution in [1.82, 2.24) is 15.2 Å². The Balaban J connectivity index is 1.26. The Morgan fingerprint density at radius 1 is 1.29 bits per heavy atom. The van der Waals surface area contributed by atoms with Gasteiger partial charge in [0, 0.05) is 35.0 Å². The summed E-state index contributed by atoms with van der Waals surface area (Å²) in [6.45, 7) is 4.31. The van der Waals surface area contributed by atoms with Crippen LogP contribution < -0.4 is 16.0 Å². The molecule has 6 nitrogen and oxygen atoms in total. The van der Waals surface area contributed by atoms with Gasteiger partial charge in [-0.2, -0.15) is 11.8 Å². The average Bonchev–Trinajstić information content (AvgIpc) is 3.33. The van der Waals surface area contributed by atoms with Crippen molar-refractivity contribution in [3.8, 4) is 0 Å². The summed E-state index contributed by atoms with van der Waals surface area (Å²) in [5.74, 6) is 1.05. The van der Waals surface area contributed by atoms with Crippen LogP contribution in [0.1, 0.15) is 45.6 Å². The maximum absolute atomic E-state index is 12.4. The average molecular weight is 401 g/mol. The first-order chi connectivity index (χ1) is 13.5. The number of nitrogens with one attached hydrogen (secondary N) is 3. The predicted molar refractivity (Wildman–Crippen MR) is 115 cm³/mol. The minimum Gasteiger partial charge on any atom is -0.345 e. The number of hydrogen-bond donors (Lipinski definition) is 3. The molecule has 4 rings (SSSR count). The van der Waals surface area contributed by atoms with Crippen LogP contribution in [0.3, 0.4) is 0 Å². The summed E-state index contributed by atoms with van der Waals surface area (Å²) < 4.78 is 2.22. The molecule has 0 radical (unpaired) electrons. The van der Waals surface area contributed by atoms with Gasteiger partial charge in [0.25, 0.3) is 0 Å². The summed E-state index contributed by atoms with van der Waals surface area (Å²) >= 11 is 1.92. The zero-order chi connectivity index (χ0) is 19.7. The first-order valence-corrected chi connectivity index (χ1v) is 11.2. The van der Waals surface area contributed by atoms with Crippen LogP contribution in [0, 0.1) is 0 Å². The molecule has 0 bridgehead atoms. The van der Waals surface area contributed by atoms with E-state index in [-0.39, 0.29) is 24.0 Å². The molecule has 0 unspecified atom stereocenters. The second kappa shape index (κ2) is 8.07. The highest BCUT2D eigenvalue weighted by Gasteiger charge is 2.42.